The Kier molecular flexibility index (Phi) is 2.94. The molecule has 2 unspecified atom stereocenters. The third-order valence-electron chi connectivity index (χ3n) is 4.49. The lowest BCUT2D eigenvalue weighted by atomic mass is 9.78. The van der Waals surface area contributed by atoms with Crippen LogP contribution in [-0.2, 0) is 9.47 Å². The van der Waals surface area contributed by atoms with Gasteiger partial charge in [0.05, 0.1) is 6.10 Å². The van der Waals surface area contributed by atoms with Crippen molar-refractivity contribution >= 4 is 0 Å². The Morgan fingerprint density at radius 2 is 1.81 bits per heavy atom. The zero-order valence-corrected chi connectivity index (χ0v) is 9.99. The van der Waals surface area contributed by atoms with Crippen LogP contribution in [0.4, 0.5) is 0 Å². The van der Waals surface area contributed by atoms with Crippen molar-refractivity contribution in [3.8, 4) is 0 Å². The van der Waals surface area contributed by atoms with E-state index in [4.69, 9.17) is 15.2 Å². The minimum absolute atomic E-state index is 0.0246. The average Bonchev–Trinajstić information content (AvgIpc) is 3.04. The highest BCUT2D eigenvalue weighted by atomic mass is 16.5. The van der Waals surface area contributed by atoms with Crippen molar-refractivity contribution in [3.63, 3.8) is 0 Å². The molecule has 3 nitrogen and oxygen atoms in total. The molecule has 0 amide bonds. The summed E-state index contributed by atoms with van der Waals surface area (Å²) in [6.45, 7) is 2.73. The van der Waals surface area contributed by atoms with Crippen molar-refractivity contribution in [1.29, 1.82) is 0 Å². The van der Waals surface area contributed by atoms with Crippen molar-refractivity contribution in [2.24, 2.45) is 17.6 Å². The highest BCUT2D eigenvalue weighted by Gasteiger charge is 2.49. The molecular formula is C13H23NO2. The second-order valence-electron chi connectivity index (χ2n) is 5.87. The summed E-state index contributed by atoms with van der Waals surface area (Å²) < 4.78 is 11.3. The van der Waals surface area contributed by atoms with Gasteiger partial charge in [-0.15, -0.1) is 0 Å². The standard InChI is InChI=1S/C13H23NO2/c14-13(9-10-3-6-15-7-4-10)5-8-16-12(13)11-1-2-11/h10-12H,1-9,14H2. The molecule has 1 aliphatic carbocycles. The molecule has 1 saturated carbocycles. The molecule has 2 N–H and O–H groups in total. The Hall–Kier alpha value is -0.120. The summed E-state index contributed by atoms with van der Waals surface area (Å²) in [5, 5.41) is 0. The van der Waals surface area contributed by atoms with Crippen LogP contribution in [0.2, 0.25) is 0 Å². The number of hydrogen-bond acceptors (Lipinski definition) is 3. The first kappa shape index (κ1) is 11.0. The van der Waals surface area contributed by atoms with Crippen LogP contribution in [0.5, 0.6) is 0 Å². The van der Waals surface area contributed by atoms with Gasteiger partial charge in [0.1, 0.15) is 0 Å². The lowest BCUT2D eigenvalue weighted by molar-refractivity contribution is 0.0302. The van der Waals surface area contributed by atoms with Gasteiger partial charge in [-0.2, -0.15) is 0 Å². The van der Waals surface area contributed by atoms with Gasteiger partial charge in [0.15, 0.2) is 0 Å². The maximum absolute atomic E-state index is 6.61. The lowest BCUT2D eigenvalue weighted by Crippen LogP contribution is -2.50. The van der Waals surface area contributed by atoms with E-state index in [0.29, 0.717) is 6.10 Å². The van der Waals surface area contributed by atoms with Gasteiger partial charge in [0.2, 0.25) is 0 Å². The fourth-order valence-electron chi connectivity index (χ4n) is 3.39. The van der Waals surface area contributed by atoms with E-state index in [1.165, 1.54) is 25.7 Å². The highest BCUT2D eigenvalue weighted by molar-refractivity contribution is 5.04. The summed E-state index contributed by atoms with van der Waals surface area (Å²) in [5.74, 6) is 1.54. The highest BCUT2D eigenvalue weighted by Crippen LogP contribution is 2.45. The third-order valence-corrected chi connectivity index (χ3v) is 4.49. The summed E-state index contributed by atoms with van der Waals surface area (Å²) in [7, 11) is 0. The molecule has 16 heavy (non-hydrogen) atoms. The third kappa shape index (κ3) is 2.13. The smallest absolute Gasteiger partial charge is 0.0783 e. The molecule has 0 spiro atoms. The Balaban J connectivity index is 1.61. The Labute approximate surface area is 97.7 Å². The average molecular weight is 225 g/mol. The van der Waals surface area contributed by atoms with Gasteiger partial charge >= 0.3 is 0 Å². The van der Waals surface area contributed by atoms with E-state index in [1.807, 2.05) is 0 Å². The van der Waals surface area contributed by atoms with Gasteiger partial charge in [0, 0.05) is 25.4 Å². The lowest BCUT2D eigenvalue weighted by Gasteiger charge is -2.35. The molecular weight excluding hydrogens is 202 g/mol. The summed E-state index contributed by atoms with van der Waals surface area (Å²) in [6.07, 6.45) is 7.61. The normalized spacial score (nSPS) is 41.4. The molecule has 3 aliphatic rings. The molecule has 0 bridgehead atoms. The van der Waals surface area contributed by atoms with Gasteiger partial charge in [-0.1, -0.05) is 0 Å². The molecule has 2 heterocycles. The van der Waals surface area contributed by atoms with Crippen molar-refractivity contribution in [3.05, 3.63) is 0 Å². The summed E-state index contributed by atoms with van der Waals surface area (Å²) >= 11 is 0. The van der Waals surface area contributed by atoms with E-state index in [2.05, 4.69) is 0 Å². The van der Waals surface area contributed by atoms with E-state index in [9.17, 15) is 0 Å². The molecule has 92 valence electrons. The first-order valence-electron chi connectivity index (χ1n) is 6.76. The number of nitrogens with two attached hydrogens (primary N) is 1. The largest absolute Gasteiger partial charge is 0.381 e. The van der Waals surface area contributed by atoms with Crippen LogP contribution in [0.25, 0.3) is 0 Å². The first-order valence-corrected chi connectivity index (χ1v) is 6.76. The SMILES string of the molecule is NC1(CC2CCOCC2)CCOC1C1CC1. The number of rotatable bonds is 3. The van der Waals surface area contributed by atoms with Gasteiger partial charge in [-0.25, -0.2) is 0 Å². The van der Waals surface area contributed by atoms with Crippen LogP contribution in [0, 0.1) is 11.8 Å². The van der Waals surface area contributed by atoms with Crippen LogP contribution in [-0.4, -0.2) is 31.5 Å². The van der Waals surface area contributed by atoms with Crippen LogP contribution in [0.1, 0.15) is 38.5 Å². The second kappa shape index (κ2) is 4.28. The van der Waals surface area contributed by atoms with Crippen molar-refractivity contribution < 1.29 is 9.47 Å². The maximum atomic E-state index is 6.61. The molecule has 0 aromatic rings. The van der Waals surface area contributed by atoms with E-state index in [0.717, 1.165) is 44.5 Å². The van der Waals surface area contributed by atoms with E-state index < -0.39 is 0 Å². The minimum Gasteiger partial charge on any atom is -0.381 e. The zero-order valence-electron chi connectivity index (χ0n) is 9.99. The molecule has 0 radical (unpaired) electrons. The summed E-state index contributed by atoms with van der Waals surface area (Å²) in [6, 6.07) is 0. The molecule has 3 rings (SSSR count). The predicted molar refractivity (Wildman–Crippen MR) is 62.2 cm³/mol. The second-order valence-corrected chi connectivity index (χ2v) is 5.87. The summed E-state index contributed by atoms with van der Waals surface area (Å²) in [4.78, 5) is 0. The van der Waals surface area contributed by atoms with Crippen LogP contribution >= 0.6 is 0 Å². The van der Waals surface area contributed by atoms with E-state index >= 15 is 0 Å². The van der Waals surface area contributed by atoms with Crippen LogP contribution < -0.4 is 5.73 Å². The van der Waals surface area contributed by atoms with E-state index in [-0.39, 0.29) is 5.54 Å². The van der Waals surface area contributed by atoms with Gasteiger partial charge in [0.25, 0.3) is 0 Å². The number of ether oxygens (including phenoxy) is 2. The Bertz CT molecular complexity index is 248. The number of hydrogen-bond donors (Lipinski definition) is 1. The van der Waals surface area contributed by atoms with Gasteiger partial charge in [-0.05, 0) is 50.4 Å². The molecule has 0 aromatic heterocycles. The Morgan fingerprint density at radius 3 is 2.50 bits per heavy atom. The van der Waals surface area contributed by atoms with Crippen LogP contribution in [0.15, 0.2) is 0 Å². The van der Waals surface area contributed by atoms with Gasteiger partial charge in [-0.3, -0.25) is 0 Å². The Morgan fingerprint density at radius 1 is 1.06 bits per heavy atom. The zero-order chi connectivity index (χ0) is 11.0. The van der Waals surface area contributed by atoms with Gasteiger partial charge < -0.3 is 15.2 Å². The summed E-state index contributed by atoms with van der Waals surface area (Å²) in [5.41, 5.74) is 6.58. The first-order chi connectivity index (χ1) is 7.78. The molecule has 2 atom stereocenters. The maximum Gasteiger partial charge on any atom is 0.0783 e. The topological polar surface area (TPSA) is 44.5 Å². The molecule has 3 heteroatoms. The van der Waals surface area contributed by atoms with Crippen molar-refractivity contribution in [2.45, 2.75) is 50.2 Å². The molecule has 3 fully saturated rings. The molecule has 2 saturated heterocycles. The monoisotopic (exact) mass is 225 g/mol. The van der Waals surface area contributed by atoms with Crippen molar-refractivity contribution in [2.75, 3.05) is 19.8 Å². The van der Waals surface area contributed by atoms with Crippen LogP contribution in [0.3, 0.4) is 0 Å². The van der Waals surface area contributed by atoms with Crippen molar-refractivity contribution in [1.82, 2.24) is 0 Å². The molecule has 2 aliphatic heterocycles. The quantitative estimate of drug-likeness (QED) is 0.795. The predicted octanol–water partition coefficient (Wildman–Crippen LogP) is 1.70. The molecule has 0 aromatic carbocycles. The van der Waals surface area contributed by atoms with E-state index in [1.54, 1.807) is 0 Å². The fraction of sp³-hybridized carbons (Fsp3) is 1.00. The minimum atomic E-state index is -0.0246. The fourth-order valence-corrected chi connectivity index (χ4v) is 3.39.